The van der Waals surface area contributed by atoms with Crippen LogP contribution in [0.15, 0.2) is 0 Å². The van der Waals surface area contributed by atoms with Crippen LogP contribution in [-0.4, -0.2) is 54.0 Å². The minimum atomic E-state index is -0.464. The van der Waals surface area contributed by atoms with Gasteiger partial charge in [0.2, 0.25) is 0 Å². The molecule has 1 aliphatic rings. The molecule has 0 aromatic heterocycles. The molecule has 0 aromatic carbocycles. The molecule has 1 aliphatic carbocycles. The molecule has 0 aromatic rings. The van der Waals surface area contributed by atoms with Crippen molar-refractivity contribution < 1.29 is 14.6 Å². The summed E-state index contributed by atoms with van der Waals surface area (Å²) in [6, 6.07) is 0.397. The minimum absolute atomic E-state index is 0.124. The van der Waals surface area contributed by atoms with E-state index < -0.39 is 5.60 Å². The zero-order chi connectivity index (χ0) is 14.5. The van der Waals surface area contributed by atoms with Crippen molar-refractivity contribution in [2.24, 2.45) is 0 Å². The molecule has 5 nitrogen and oxygen atoms in total. The average Bonchev–Trinajstić information content (AvgIpc) is 2.33. The second-order valence-corrected chi connectivity index (χ2v) is 6.23. The van der Waals surface area contributed by atoms with E-state index >= 15 is 0 Å². The van der Waals surface area contributed by atoms with E-state index in [0.717, 1.165) is 19.3 Å². The number of likely N-dealkylation sites (N-methyl/N-ethyl adjacent to an activating group) is 1. The van der Waals surface area contributed by atoms with Crippen molar-refractivity contribution in [2.75, 3.05) is 20.2 Å². The molecule has 1 amide bonds. The van der Waals surface area contributed by atoms with E-state index in [4.69, 9.17) is 9.84 Å². The van der Waals surface area contributed by atoms with Crippen molar-refractivity contribution in [1.82, 2.24) is 10.2 Å². The highest BCUT2D eigenvalue weighted by Gasteiger charge is 2.32. The summed E-state index contributed by atoms with van der Waals surface area (Å²) in [5.41, 5.74) is -0.464. The maximum Gasteiger partial charge on any atom is 0.410 e. The largest absolute Gasteiger partial charge is 0.444 e. The van der Waals surface area contributed by atoms with Gasteiger partial charge in [0.15, 0.2) is 0 Å². The van der Waals surface area contributed by atoms with Crippen molar-refractivity contribution in [3.8, 4) is 0 Å². The summed E-state index contributed by atoms with van der Waals surface area (Å²) in [5.74, 6) is 0. The van der Waals surface area contributed by atoms with Gasteiger partial charge in [0, 0.05) is 19.6 Å². The van der Waals surface area contributed by atoms with Gasteiger partial charge in [-0.05, 0) is 33.6 Å². The monoisotopic (exact) mass is 272 g/mol. The Hall–Kier alpha value is -0.810. The Kier molecular flexibility index (Phi) is 6.07. The molecule has 112 valence electrons. The number of aliphatic hydroxyl groups is 1. The van der Waals surface area contributed by atoms with Gasteiger partial charge in [-0.15, -0.1) is 0 Å². The van der Waals surface area contributed by atoms with Gasteiger partial charge in [0.25, 0.3) is 0 Å². The van der Waals surface area contributed by atoms with Gasteiger partial charge in [-0.2, -0.15) is 0 Å². The van der Waals surface area contributed by atoms with Crippen LogP contribution in [0.4, 0.5) is 4.79 Å². The first-order valence-corrected chi connectivity index (χ1v) is 7.15. The molecule has 0 heterocycles. The van der Waals surface area contributed by atoms with Crippen molar-refractivity contribution in [3.63, 3.8) is 0 Å². The summed E-state index contributed by atoms with van der Waals surface area (Å²) < 4.78 is 5.42. The number of ether oxygens (including phenoxy) is 1. The zero-order valence-corrected chi connectivity index (χ0v) is 12.6. The lowest BCUT2D eigenvalue weighted by molar-refractivity contribution is 0.0147. The standard InChI is InChI=1S/C14H28N2O3/c1-14(2,3)19-13(18)16(4)12-8-6-5-7-11(12)15-9-10-17/h11-12,15,17H,5-10H2,1-4H3/t11-,12+/m0/s1. The SMILES string of the molecule is CN(C(=O)OC(C)(C)C)[C@@H]1CCCC[C@@H]1NCCO. The third-order valence-corrected chi connectivity index (χ3v) is 3.43. The number of carbonyl (C=O) groups excluding carboxylic acids is 1. The molecule has 5 heteroatoms. The lowest BCUT2D eigenvalue weighted by Crippen LogP contribution is -2.53. The van der Waals surface area contributed by atoms with Crippen LogP contribution in [0.1, 0.15) is 46.5 Å². The molecule has 2 atom stereocenters. The number of hydrogen-bond donors (Lipinski definition) is 2. The van der Waals surface area contributed by atoms with Gasteiger partial charge < -0.3 is 20.1 Å². The summed E-state index contributed by atoms with van der Waals surface area (Å²) in [5, 5.41) is 12.2. The quantitative estimate of drug-likeness (QED) is 0.818. The molecule has 0 radical (unpaired) electrons. The number of hydrogen-bond acceptors (Lipinski definition) is 4. The van der Waals surface area contributed by atoms with Crippen molar-refractivity contribution in [2.45, 2.75) is 64.1 Å². The molecule has 19 heavy (non-hydrogen) atoms. The predicted molar refractivity (Wildman–Crippen MR) is 75.1 cm³/mol. The Morgan fingerprint density at radius 3 is 2.58 bits per heavy atom. The number of nitrogens with zero attached hydrogens (tertiary/aromatic N) is 1. The summed E-state index contributed by atoms with van der Waals surface area (Å²) in [4.78, 5) is 13.8. The molecule has 1 saturated carbocycles. The van der Waals surface area contributed by atoms with E-state index in [0.29, 0.717) is 6.54 Å². The van der Waals surface area contributed by atoms with E-state index in [1.807, 2.05) is 20.8 Å². The van der Waals surface area contributed by atoms with E-state index in [2.05, 4.69) is 5.32 Å². The van der Waals surface area contributed by atoms with E-state index in [1.54, 1.807) is 11.9 Å². The topological polar surface area (TPSA) is 61.8 Å². The van der Waals surface area contributed by atoms with Crippen LogP contribution >= 0.6 is 0 Å². The Bertz CT molecular complexity index is 289. The van der Waals surface area contributed by atoms with Crippen LogP contribution in [0.3, 0.4) is 0 Å². The Morgan fingerprint density at radius 2 is 2.00 bits per heavy atom. The Morgan fingerprint density at radius 1 is 1.37 bits per heavy atom. The maximum absolute atomic E-state index is 12.1. The highest BCUT2D eigenvalue weighted by Crippen LogP contribution is 2.23. The fraction of sp³-hybridized carbons (Fsp3) is 0.929. The number of amides is 1. The molecule has 1 fully saturated rings. The normalized spacial score (nSPS) is 24.1. The zero-order valence-electron chi connectivity index (χ0n) is 12.6. The van der Waals surface area contributed by atoms with Crippen LogP contribution in [-0.2, 0) is 4.74 Å². The molecular formula is C14H28N2O3. The molecular weight excluding hydrogens is 244 g/mol. The smallest absolute Gasteiger partial charge is 0.410 e. The van der Waals surface area contributed by atoms with Gasteiger partial charge in [0.1, 0.15) is 5.60 Å². The Balaban J connectivity index is 2.60. The van der Waals surface area contributed by atoms with Crippen LogP contribution in [0, 0.1) is 0 Å². The fourth-order valence-electron chi connectivity index (χ4n) is 2.53. The first-order valence-electron chi connectivity index (χ1n) is 7.15. The lowest BCUT2D eigenvalue weighted by Gasteiger charge is -2.38. The molecule has 0 bridgehead atoms. The van der Waals surface area contributed by atoms with E-state index in [-0.39, 0.29) is 24.8 Å². The van der Waals surface area contributed by atoms with Gasteiger partial charge in [-0.3, -0.25) is 0 Å². The molecule has 0 aliphatic heterocycles. The lowest BCUT2D eigenvalue weighted by atomic mass is 9.89. The first-order chi connectivity index (χ1) is 8.85. The van der Waals surface area contributed by atoms with Crippen LogP contribution in [0.25, 0.3) is 0 Å². The van der Waals surface area contributed by atoms with Crippen LogP contribution in [0.5, 0.6) is 0 Å². The highest BCUT2D eigenvalue weighted by molar-refractivity contribution is 5.68. The fourth-order valence-corrected chi connectivity index (χ4v) is 2.53. The minimum Gasteiger partial charge on any atom is -0.444 e. The van der Waals surface area contributed by atoms with Crippen molar-refractivity contribution >= 4 is 6.09 Å². The van der Waals surface area contributed by atoms with Gasteiger partial charge >= 0.3 is 6.09 Å². The predicted octanol–water partition coefficient (Wildman–Crippen LogP) is 1.75. The number of carbonyl (C=O) groups is 1. The van der Waals surface area contributed by atoms with Crippen LogP contribution < -0.4 is 5.32 Å². The summed E-state index contributed by atoms with van der Waals surface area (Å²) in [7, 11) is 1.80. The molecule has 2 N–H and O–H groups in total. The summed E-state index contributed by atoms with van der Waals surface area (Å²) in [6.07, 6.45) is 4.06. The molecule has 1 rings (SSSR count). The maximum atomic E-state index is 12.1. The highest BCUT2D eigenvalue weighted by atomic mass is 16.6. The van der Waals surface area contributed by atoms with Gasteiger partial charge in [-0.25, -0.2) is 4.79 Å². The number of rotatable bonds is 4. The van der Waals surface area contributed by atoms with Gasteiger partial charge in [-0.1, -0.05) is 12.8 Å². The molecule has 0 spiro atoms. The number of nitrogens with one attached hydrogen (secondary N) is 1. The third-order valence-electron chi connectivity index (χ3n) is 3.43. The van der Waals surface area contributed by atoms with E-state index in [1.165, 1.54) is 6.42 Å². The van der Waals surface area contributed by atoms with Crippen LogP contribution in [0.2, 0.25) is 0 Å². The van der Waals surface area contributed by atoms with E-state index in [9.17, 15) is 4.79 Å². The summed E-state index contributed by atoms with van der Waals surface area (Å²) in [6.45, 7) is 6.33. The Labute approximate surface area is 116 Å². The second kappa shape index (κ2) is 7.10. The molecule has 0 saturated heterocycles. The van der Waals surface area contributed by atoms with Crippen molar-refractivity contribution in [1.29, 1.82) is 0 Å². The van der Waals surface area contributed by atoms with Crippen molar-refractivity contribution in [3.05, 3.63) is 0 Å². The first kappa shape index (κ1) is 16.2. The summed E-state index contributed by atoms with van der Waals surface area (Å²) >= 11 is 0. The van der Waals surface area contributed by atoms with Gasteiger partial charge in [0.05, 0.1) is 12.6 Å². The second-order valence-electron chi connectivity index (χ2n) is 6.23. The molecule has 0 unspecified atom stereocenters. The average molecular weight is 272 g/mol. The number of aliphatic hydroxyl groups excluding tert-OH is 1. The third kappa shape index (κ3) is 5.37.